The van der Waals surface area contributed by atoms with Crippen LogP contribution >= 0.6 is 22.6 Å². The summed E-state index contributed by atoms with van der Waals surface area (Å²) in [5.74, 6) is -0.882. The molecule has 20 heavy (non-hydrogen) atoms. The average molecular weight is 502 g/mol. The van der Waals surface area contributed by atoms with Crippen molar-refractivity contribution in [1.29, 1.82) is 0 Å². The number of carbonyl (C=O) groups is 1. The number of hydrogen-bond acceptors (Lipinski definition) is 1. The summed E-state index contributed by atoms with van der Waals surface area (Å²) >= 11 is 1.10. The van der Waals surface area contributed by atoms with Gasteiger partial charge in [0.15, 0.2) is 0 Å². The Labute approximate surface area is 146 Å². The Morgan fingerprint density at radius 1 is 1.00 bits per heavy atom. The summed E-state index contributed by atoms with van der Waals surface area (Å²) < 4.78 is 5.82. The Morgan fingerprint density at radius 2 is 1.35 bits per heavy atom. The van der Waals surface area contributed by atoms with E-state index in [1.165, 1.54) is 38.5 Å². The molecule has 0 amide bonds. The van der Waals surface area contributed by atoms with Gasteiger partial charge in [0.1, 0.15) is 0 Å². The summed E-state index contributed by atoms with van der Waals surface area (Å²) in [7, 11) is 0. The Kier molecular flexibility index (Phi) is 20.5. The van der Waals surface area contributed by atoms with Gasteiger partial charge in [0.25, 0.3) is 0 Å². The maximum atomic E-state index is 9.73. The van der Waals surface area contributed by atoms with Gasteiger partial charge in [0.2, 0.25) is 0 Å². The number of unbranched alkanes of at least 4 members (excludes halogenated alkanes) is 3. The molecule has 0 saturated heterocycles. The molecule has 1 radical (unpaired) electrons. The number of allylic oxidation sites excluding steroid dienone is 1. The van der Waals surface area contributed by atoms with Gasteiger partial charge in [0.05, 0.1) is 0 Å². The first-order chi connectivity index (χ1) is 9.47. The summed E-state index contributed by atoms with van der Waals surface area (Å²) in [6.45, 7) is 8.73. The Morgan fingerprint density at radius 3 is 1.50 bits per heavy atom. The van der Waals surface area contributed by atoms with E-state index in [1.54, 1.807) is 20.2 Å². The van der Waals surface area contributed by atoms with E-state index >= 15 is 0 Å². The van der Waals surface area contributed by atoms with Crippen molar-refractivity contribution in [2.24, 2.45) is 0 Å². The van der Waals surface area contributed by atoms with Crippen molar-refractivity contribution in [2.45, 2.75) is 79.5 Å². The molecule has 2 nitrogen and oxygen atoms in total. The van der Waals surface area contributed by atoms with E-state index in [-0.39, 0.29) is 0 Å². The molecule has 0 aliphatic heterocycles. The molecule has 0 rings (SSSR count). The summed E-state index contributed by atoms with van der Waals surface area (Å²) in [4.78, 5) is 9.73. The van der Waals surface area contributed by atoms with E-state index in [0.29, 0.717) is 0 Å². The molecule has 0 spiro atoms. The fraction of sp³-hybridized carbons (Fsp3) is 0.812. The van der Waals surface area contributed by atoms with Crippen LogP contribution in [0.3, 0.4) is 0 Å². The van der Waals surface area contributed by atoms with Crippen LogP contribution in [-0.2, 0) is 4.79 Å². The first kappa shape index (κ1) is 23.0. The molecular weight excluding hydrogens is 470 g/mol. The van der Waals surface area contributed by atoms with E-state index in [2.05, 4.69) is 20.8 Å². The van der Waals surface area contributed by atoms with Gasteiger partial charge in [-0.3, -0.25) is 0 Å². The molecule has 0 saturated carbocycles. The standard InChI is InChI=1S/C4H5IO2.3C4H9.Sn/c1-3(5)2-4(6)7;3*1-3-4-2;/h2H,1H3,(H,6,7);3*1,3-4H2,2H3;/b3-2-;;;;. The second-order valence-corrected chi connectivity index (χ2v) is 15.4. The molecule has 4 heteroatoms. The second-order valence-electron chi connectivity index (χ2n) is 5.13. The molecular formula is C16H32IO2Sn. The summed E-state index contributed by atoms with van der Waals surface area (Å²) in [5.41, 5.74) is 0. The van der Waals surface area contributed by atoms with E-state index in [1.807, 2.05) is 22.6 Å². The summed E-state index contributed by atoms with van der Waals surface area (Å²) in [6, 6.07) is 0. The molecule has 0 aliphatic carbocycles. The van der Waals surface area contributed by atoms with Crippen LogP contribution in [0.5, 0.6) is 0 Å². The molecule has 0 atom stereocenters. The quantitative estimate of drug-likeness (QED) is 0.217. The molecule has 0 fully saturated rings. The molecule has 0 aromatic heterocycles. The van der Waals surface area contributed by atoms with Crippen LogP contribution < -0.4 is 0 Å². The Hall–Kier alpha value is 0.739. The van der Waals surface area contributed by atoms with Crippen molar-refractivity contribution in [3.63, 3.8) is 0 Å². The van der Waals surface area contributed by atoms with Gasteiger partial charge < -0.3 is 5.11 Å². The number of carboxylic acids is 1. The predicted octanol–water partition coefficient (Wildman–Crippen LogP) is 6.29. The third kappa shape index (κ3) is 21.0. The zero-order valence-electron chi connectivity index (χ0n) is 13.7. The van der Waals surface area contributed by atoms with Gasteiger partial charge in [-0.2, -0.15) is 0 Å². The van der Waals surface area contributed by atoms with Gasteiger partial charge >= 0.3 is 98.3 Å². The van der Waals surface area contributed by atoms with E-state index in [0.717, 1.165) is 9.66 Å². The van der Waals surface area contributed by atoms with Gasteiger partial charge in [-0.25, -0.2) is 4.79 Å². The summed E-state index contributed by atoms with van der Waals surface area (Å²) in [5, 5.41) is 8.00. The zero-order chi connectivity index (χ0) is 15.8. The van der Waals surface area contributed by atoms with Crippen molar-refractivity contribution in [3.8, 4) is 0 Å². The van der Waals surface area contributed by atoms with E-state index in [4.69, 9.17) is 5.11 Å². The topological polar surface area (TPSA) is 37.3 Å². The van der Waals surface area contributed by atoms with Crippen LogP contribution in [0.15, 0.2) is 9.66 Å². The Bertz CT molecular complexity index is 232. The van der Waals surface area contributed by atoms with E-state index in [9.17, 15) is 4.79 Å². The summed E-state index contributed by atoms with van der Waals surface area (Å²) in [6.07, 6.45) is 10.0. The minimum atomic E-state index is -0.882. The molecule has 0 aromatic carbocycles. The Balaban J connectivity index is 0. The number of hydrogen-bond donors (Lipinski definition) is 1. The van der Waals surface area contributed by atoms with Crippen molar-refractivity contribution in [2.75, 3.05) is 0 Å². The third-order valence-electron chi connectivity index (χ3n) is 2.97. The normalized spacial score (nSPS) is 11.2. The monoisotopic (exact) mass is 503 g/mol. The second kappa shape index (κ2) is 17.8. The first-order valence-corrected chi connectivity index (χ1v) is 15.0. The molecule has 0 unspecified atom stereocenters. The molecule has 0 heterocycles. The number of halogens is 1. The van der Waals surface area contributed by atoms with Crippen LogP contribution in [0.25, 0.3) is 0 Å². The van der Waals surface area contributed by atoms with Gasteiger partial charge in [0, 0.05) is 6.08 Å². The number of aliphatic carboxylic acids is 1. The van der Waals surface area contributed by atoms with Gasteiger partial charge in [-0.05, 0) is 33.1 Å². The van der Waals surface area contributed by atoms with Crippen LogP contribution in [0.2, 0.25) is 13.3 Å². The number of carboxylic acid groups (broad SMARTS) is 1. The zero-order valence-corrected chi connectivity index (χ0v) is 18.7. The van der Waals surface area contributed by atoms with Crippen molar-refractivity contribution < 1.29 is 9.90 Å². The fourth-order valence-corrected chi connectivity index (χ4v) is 11.5. The average Bonchev–Trinajstić information content (AvgIpc) is 2.37. The van der Waals surface area contributed by atoms with Crippen LogP contribution in [0.4, 0.5) is 0 Å². The molecule has 0 aliphatic rings. The van der Waals surface area contributed by atoms with Gasteiger partial charge in [-0.1, -0.05) is 0 Å². The van der Waals surface area contributed by atoms with Crippen LogP contribution in [-0.4, -0.2) is 30.8 Å². The third-order valence-corrected chi connectivity index (χ3v) is 12.4. The van der Waals surface area contributed by atoms with Crippen molar-refractivity contribution in [3.05, 3.63) is 9.66 Å². The fourth-order valence-electron chi connectivity index (χ4n) is 1.83. The van der Waals surface area contributed by atoms with Crippen molar-refractivity contribution in [1.82, 2.24) is 0 Å². The SMILES string of the molecule is C/C(I)=C/C(=O)O.CCC[CH2][Sn]([CH2]CCC)[CH2]CCC. The van der Waals surface area contributed by atoms with Gasteiger partial charge in [-0.15, -0.1) is 0 Å². The molecule has 119 valence electrons. The minimum absolute atomic E-state index is 0.783. The van der Waals surface area contributed by atoms with E-state index < -0.39 is 25.7 Å². The molecule has 0 bridgehead atoms. The molecule has 1 N–H and O–H groups in total. The van der Waals surface area contributed by atoms with Crippen LogP contribution in [0, 0.1) is 0 Å². The first-order valence-electron chi connectivity index (χ1n) is 7.88. The van der Waals surface area contributed by atoms with Crippen molar-refractivity contribution >= 4 is 48.3 Å². The predicted molar refractivity (Wildman–Crippen MR) is 100 cm³/mol. The molecule has 0 aromatic rings. The number of rotatable bonds is 10. The maximum absolute atomic E-state index is 9.73. The van der Waals surface area contributed by atoms with Crippen LogP contribution in [0.1, 0.15) is 66.2 Å².